The number of hydrogen-bond acceptors (Lipinski definition) is 4. The zero-order valence-corrected chi connectivity index (χ0v) is 19.2. The van der Waals surface area contributed by atoms with Crippen molar-refractivity contribution >= 4 is 34.0 Å². The highest BCUT2D eigenvalue weighted by Gasteiger charge is 2.15. The molecule has 0 atom stereocenters. The van der Waals surface area contributed by atoms with Gasteiger partial charge in [0.25, 0.3) is 0 Å². The molecule has 0 rings (SSSR count). The van der Waals surface area contributed by atoms with E-state index in [1.165, 1.54) is 0 Å². The maximum Gasteiger partial charge on any atom is 0.333 e. The molecule has 0 aromatic carbocycles. The van der Waals surface area contributed by atoms with Crippen molar-refractivity contribution in [2.45, 2.75) is 71.1 Å². The molecule has 0 spiro atoms. The first-order valence-corrected chi connectivity index (χ1v) is 15.1. The average molecular weight is 395 g/mol. The van der Waals surface area contributed by atoms with E-state index in [-0.39, 0.29) is 11.9 Å². The van der Waals surface area contributed by atoms with Crippen molar-refractivity contribution in [1.82, 2.24) is 0 Å². The minimum Gasteiger partial charge on any atom is -0.462 e. The second-order valence-corrected chi connectivity index (χ2v) is 15.4. The summed E-state index contributed by atoms with van der Waals surface area (Å²) in [5.41, 5.74) is 0.697. The first-order chi connectivity index (χ1) is 11.3. The Morgan fingerprint density at radius 3 is 2.38 bits per heavy atom. The van der Waals surface area contributed by atoms with E-state index in [0.29, 0.717) is 25.4 Å². The molecule has 0 unspecified atom stereocenters. The number of hydrogen-bond donors (Lipinski definition) is 0. The van der Waals surface area contributed by atoms with Crippen molar-refractivity contribution in [1.29, 1.82) is 0 Å². The fraction of sp³-hybridized carbons (Fsp3) is 0.824. The Balaban J connectivity index is 3.83. The van der Waals surface area contributed by atoms with E-state index < -0.39 is 16.9 Å². The summed E-state index contributed by atoms with van der Waals surface area (Å²) in [6.45, 7) is 11.9. The van der Waals surface area contributed by atoms with Gasteiger partial charge in [0.1, 0.15) is 5.91 Å². The van der Waals surface area contributed by atoms with E-state index in [4.69, 9.17) is 25.3 Å². The SMILES string of the molecule is CCOC(OCC)[SiH2]CCCOC(=O)C(C)=CCCC[Si](C)(C)Cl. The van der Waals surface area contributed by atoms with Crippen LogP contribution >= 0.6 is 11.1 Å². The fourth-order valence-electron chi connectivity index (χ4n) is 2.20. The number of halogens is 1. The molecule has 0 aromatic heterocycles. The minimum absolute atomic E-state index is 0.00734. The van der Waals surface area contributed by atoms with E-state index in [9.17, 15) is 4.79 Å². The van der Waals surface area contributed by atoms with Gasteiger partial charge in [0.05, 0.1) is 16.1 Å². The highest BCUT2D eigenvalue weighted by molar-refractivity contribution is 7.19. The molecule has 0 aliphatic heterocycles. The van der Waals surface area contributed by atoms with Crippen molar-refractivity contribution < 1.29 is 19.0 Å². The van der Waals surface area contributed by atoms with Crippen LogP contribution < -0.4 is 0 Å². The summed E-state index contributed by atoms with van der Waals surface area (Å²) in [5.74, 6) is -0.211. The number of carbonyl (C=O) groups is 1. The lowest BCUT2D eigenvalue weighted by Gasteiger charge is -2.16. The molecular formula is C17H35ClO4Si2. The van der Waals surface area contributed by atoms with Crippen LogP contribution in [0.2, 0.25) is 25.2 Å². The highest BCUT2D eigenvalue weighted by atomic mass is 35.6. The number of esters is 1. The largest absolute Gasteiger partial charge is 0.462 e. The number of carbonyl (C=O) groups excluding carboxylic acids is 1. The number of unbranched alkanes of at least 4 members (excludes halogenated alkanes) is 1. The standard InChI is InChI=1S/C17H35ClO4Si2/c1-6-20-17(21-7-2)23-13-10-12-22-16(19)15(3)11-8-9-14-24(4,5)18/h11,17H,6-10,12-14,23H2,1-5H3. The minimum atomic E-state index is -1.50. The van der Waals surface area contributed by atoms with E-state index in [1.54, 1.807) is 0 Å². The van der Waals surface area contributed by atoms with Gasteiger partial charge in [-0.2, -0.15) is 11.1 Å². The molecule has 0 N–H and O–H groups in total. The van der Waals surface area contributed by atoms with Gasteiger partial charge in [0.2, 0.25) is 0 Å². The van der Waals surface area contributed by atoms with E-state index in [0.717, 1.165) is 31.4 Å². The van der Waals surface area contributed by atoms with Crippen molar-refractivity contribution in [3.63, 3.8) is 0 Å². The Labute approximate surface area is 155 Å². The highest BCUT2D eigenvalue weighted by Crippen LogP contribution is 2.18. The van der Waals surface area contributed by atoms with E-state index in [1.807, 2.05) is 26.8 Å². The van der Waals surface area contributed by atoms with Gasteiger partial charge in [0.15, 0.2) is 7.38 Å². The Bertz CT molecular complexity index is 364. The lowest BCUT2D eigenvalue weighted by Crippen LogP contribution is -2.24. The molecule has 7 heteroatoms. The third kappa shape index (κ3) is 14.2. The molecular weight excluding hydrogens is 360 g/mol. The number of rotatable bonds is 14. The van der Waals surface area contributed by atoms with Crippen LogP contribution in [-0.4, -0.2) is 48.6 Å². The zero-order chi connectivity index (χ0) is 18.4. The van der Waals surface area contributed by atoms with Gasteiger partial charge in [-0.15, -0.1) is 0 Å². The molecule has 0 radical (unpaired) electrons. The maximum atomic E-state index is 11.9. The molecule has 0 heterocycles. The van der Waals surface area contributed by atoms with Crippen LogP contribution in [0.25, 0.3) is 0 Å². The van der Waals surface area contributed by atoms with Gasteiger partial charge >= 0.3 is 5.97 Å². The van der Waals surface area contributed by atoms with Crippen LogP contribution in [-0.2, 0) is 19.0 Å². The summed E-state index contributed by atoms with van der Waals surface area (Å²) in [6, 6.07) is 2.12. The van der Waals surface area contributed by atoms with E-state index >= 15 is 0 Å². The first kappa shape index (κ1) is 23.9. The predicted octanol–water partition coefficient (Wildman–Crippen LogP) is 4.03. The molecule has 0 aromatic rings. The molecule has 0 fully saturated rings. The molecule has 142 valence electrons. The quantitative estimate of drug-likeness (QED) is 0.111. The monoisotopic (exact) mass is 394 g/mol. The molecule has 0 aliphatic carbocycles. The van der Waals surface area contributed by atoms with Crippen molar-refractivity contribution in [3.05, 3.63) is 11.6 Å². The van der Waals surface area contributed by atoms with Crippen LogP contribution in [0.1, 0.15) is 40.0 Å². The van der Waals surface area contributed by atoms with Crippen LogP contribution in [0.4, 0.5) is 0 Å². The fourth-order valence-corrected chi connectivity index (χ4v) is 5.28. The maximum absolute atomic E-state index is 11.9. The number of ether oxygens (including phenoxy) is 3. The molecule has 0 saturated heterocycles. The molecule has 0 amide bonds. The molecule has 0 saturated carbocycles. The molecule has 24 heavy (non-hydrogen) atoms. The van der Waals surface area contributed by atoms with Crippen molar-refractivity contribution in [3.8, 4) is 0 Å². The van der Waals surface area contributed by atoms with Crippen LogP contribution in [0, 0.1) is 0 Å². The summed E-state index contributed by atoms with van der Waals surface area (Å²) >= 11 is 6.28. The Morgan fingerprint density at radius 2 is 1.83 bits per heavy atom. The summed E-state index contributed by atoms with van der Waals surface area (Å²) < 4.78 is 16.4. The Kier molecular flexibility index (Phi) is 14.0. The average Bonchev–Trinajstić information content (AvgIpc) is 2.50. The summed E-state index contributed by atoms with van der Waals surface area (Å²) in [4.78, 5) is 11.9. The first-order valence-electron chi connectivity index (χ1n) is 9.06. The summed E-state index contributed by atoms with van der Waals surface area (Å²) in [7, 11) is -1.95. The second-order valence-electron chi connectivity index (χ2n) is 6.47. The van der Waals surface area contributed by atoms with Gasteiger partial charge in [-0.25, -0.2) is 4.79 Å². The normalized spacial score (nSPS) is 13.2. The smallest absolute Gasteiger partial charge is 0.333 e. The molecule has 4 nitrogen and oxygen atoms in total. The van der Waals surface area contributed by atoms with Gasteiger partial charge in [-0.05, 0) is 39.7 Å². The molecule has 0 bridgehead atoms. The Hall–Kier alpha value is -0.146. The van der Waals surface area contributed by atoms with Gasteiger partial charge in [0, 0.05) is 18.8 Å². The Morgan fingerprint density at radius 1 is 1.21 bits per heavy atom. The predicted molar refractivity (Wildman–Crippen MR) is 107 cm³/mol. The van der Waals surface area contributed by atoms with Crippen molar-refractivity contribution in [2.24, 2.45) is 0 Å². The third-order valence-corrected chi connectivity index (χ3v) is 7.48. The van der Waals surface area contributed by atoms with Crippen LogP contribution in [0.15, 0.2) is 11.6 Å². The number of allylic oxidation sites excluding steroid dienone is 1. The summed E-state index contributed by atoms with van der Waals surface area (Å²) in [5, 5.41) is 0. The molecule has 0 aliphatic rings. The third-order valence-electron chi connectivity index (χ3n) is 3.52. The van der Waals surface area contributed by atoms with Crippen LogP contribution in [0.5, 0.6) is 0 Å². The van der Waals surface area contributed by atoms with Gasteiger partial charge < -0.3 is 14.2 Å². The van der Waals surface area contributed by atoms with E-state index in [2.05, 4.69) is 13.1 Å². The zero-order valence-electron chi connectivity index (χ0n) is 16.0. The topological polar surface area (TPSA) is 44.8 Å². The summed E-state index contributed by atoms with van der Waals surface area (Å²) in [6.07, 6.45) is 4.78. The lowest BCUT2D eigenvalue weighted by atomic mass is 10.2. The van der Waals surface area contributed by atoms with Gasteiger partial charge in [-0.3, -0.25) is 0 Å². The van der Waals surface area contributed by atoms with Crippen molar-refractivity contribution in [2.75, 3.05) is 19.8 Å². The lowest BCUT2D eigenvalue weighted by molar-refractivity contribution is -0.139. The van der Waals surface area contributed by atoms with Crippen LogP contribution in [0.3, 0.4) is 0 Å². The van der Waals surface area contributed by atoms with Gasteiger partial charge in [-0.1, -0.05) is 31.6 Å². The second kappa shape index (κ2) is 14.1.